The van der Waals surface area contributed by atoms with E-state index in [1.165, 1.54) is 57.1 Å². The van der Waals surface area contributed by atoms with Crippen LogP contribution in [0, 0.1) is 29.4 Å². The average molecular weight is 393 g/mol. The summed E-state index contributed by atoms with van der Waals surface area (Å²) < 4.78 is 26.6. The van der Waals surface area contributed by atoms with E-state index in [2.05, 4.69) is 13.8 Å². The van der Waals surface area contributed by atoms with Gasteiger partial charge in [-0.1, -0.05) is 70.2 Å². The molecule has 3 rings (SSSR count). The zero-order chi connectivity index (χ0) is 19.2. The van der Waals surface area contributed by atoms with Crippen molar-refractivity contribution in [3.05, 3.63) is 35.4 Å². The minimum absolute atomic E-state index is 0.388. The van der Waals surface area contributed by atoms with E-state index in [0.29, 0.717) is 5.92 Å². The van der Waals surface area contributed by atoms with Crippen LogP contribution in [0.2, 0.25) is 18.1 Å². The monoisotopic (exact) mass is 392 g/mol. The number of hydrogen-bond donors (Lipinski definition) is 0. The van der Waals surface area contributed by atoms with E-state index in [0.717, 1.165) is 36.2 Å². The van der Waals surface area contributed by atoms with Gasteiger partial charge in [0.2, 0.25) is 0 Å². The van der Waals surface area contributed by atoms with Gasteiger partial charge in [0.1, 0.15) is 0 Å². The molecule has 2 fully saturated rings. The van der Waals surface area contributed by atoms with Crippen LogP contribution >= 0.6 is 0 Å². The molecule has 1 saturated carbocycles. The Kier molecular flexibility index (Phi) is 7.93. The van der Waals surface area contributed by atoms with Crippen molar-refractivity contribution in [2.45, 2.75) is 95.7 Å². The third-order valence-corrected chi connectivity index (χ3v) is 10.8. The normalized spacial score (nSPS) is 29.2. The van der Waals surface area contributed by atoms with E-state index in [9.17, 15) is 8.78 Å². The van der Waals surface area contributed by atoms with E-state index in [4.69, 9.17) is 0 Å². The van der Waals surface area contributed by atoms with Gasteiger partial charge in [0.05, 0.1) is 0 Å². The predicted octanol–water partition coefficient (Wildman–Crippen LogP) is 7.70. The maximum atomic E-state index is 13.5. The van der Waals surface area contributed by atoms with Gasteiger partial charge in [-0.15, -0.1) is 0 Å². The third-order valence-electron chi connectivity index (χ3n) is 7.36. The number of rotatable bonds is 7. The Morgan fingerprint density at radius 3 is 2.11 bits per heavy atom. The van der Waals surface area contributed by atoms with Crippen molar-refractivity contribution >= 4 is 8.80 Å². The molecule has 0 unspecified atom stereocenters. The van der Waals surface area contributed by atoms with Gasteiger partial charge < -0.3 is 0 Å². The Balaban J connectivity index is 1.34. The van der Waals surface area contributed by atoms with Gasteiger partial charge in [-0.3, -0.25) is 0 Å². The quantitative estimate of drug-likeness (QED) is 0.417. The highest BCUT2D eigenvalue weighted by Crippen LogP contribution is 2.39. The number of benzene rings is 1. The van der Waals surface area contributed by atoms with Gasteiger partial charge in [-0.05, 0) is 67.1 Å². The highest BCUT2D eigenvalue weighted by molar-refractivity contribution is 6.58. The minimum atomic E-state index is -0.727. The van der Waals surface area contributed by atoms with Crippen molar-refractivity contribution in [1.29, 1.82) is 0 Å². The Morgan fingerprint density at radius 2 is 1.52 bits per heavy atom. The van der Waals surface area contributed by atoms with Crippen LogP contribution in [0.1, 0.15) is 83.1 Å². The number of halogens is 2. The lowest BCUT2D eigenvalue weighted by atomic mass is 9.76. The zero-order valence-corrected chi connectivity index (χ0v) is 18.5. The molecule has 0 radical (unpaired) electrons. The molecular formula is C24H38F2Si. The third kappa shape index (κ3) is 6.41. The van der Waals surface area contributed by atoms with Crippen LogP contribution in [0.5, 0.6) is 0 Å². The van der Waals surface area contributed by atoms with Crippen molar-refractivity contribution in [1.82, 2.24) is 0 Å². The summed E-state index contributed by atoms with van der Waals surface area (Å²) in [5.41, 5.74) is 0.997. The van der Waals surface area contributed by atoms with Crippen LogP contribution in [0.3, 0.4) is 0 Å². The van der Waals surface area contributed by atoms with E-state index >= 15 is 0 Å². The summed E-state index contributed by atoms with van der Waals surface area (Å²) in [6, 6.07) is 9.27. The summed E-state index contributed by atoms with van der Waals surface area (Å²) in [4.78, 5) is 0. The van der Waals surface area contributed by atoms with E-state index in [1.54, 1.807) is 24.2 Å². The molecule has 152 valence electrons. The lowest BCUT2D eigenvalue weighted by molar-refractivity contribution is 0.280. The summed E-state index contributed by atoms with van der Waals surface area (Å²) >= 11 is 0. The zero-order valence-electron chi connectivity index (χ0n) is 17.4. The molecule has 0 amide bonds. The van der Waals surface area contributed by atoms with Crippen LogP contribution < -0.4 is 0 Å². The fourth-order valence-corrected chi connectivity index (χ4v) is 9.29. The average Bonchev–Trinajstić information content (AvgIpc) is 2.68. The molecule has 0 spiro atoms. The molecule has 1 aromatic rings. The minimum Gasteiger partial charge on any atom is -0.204 e. The van der Waals surface area contributed by atoms with Gasteiger partial charge in [-0.25, -0.2) is 8.78 Å². The topological polar surface area (TPSA) is 0 Å². The first-order chi connectivity index (χ1) is 13.0. The van der Waals surface area contributed by atoms with E-state index in [-0.39, 0.29) is 8.80 Å². The maximum absolute atomic E-state index is 13.5. The Morgan fingerprint density at radius 1 is 0.889 bits per heavy atom. The molecule has 3 heteroatoms. The molecule has 0 atom stereocenters. The van der Waals surface area contributed by atoms with Gasteiger partial charge in [0.25, 0.3) is 0 Å². The van der Waals surface area contributed by atoms with Gasteiger partial charge in [0.15, 0.2) is 11.6 Å². The summed E-state index contributed by atoms with van der Waals surface area (Å²) in [6.45, 7) is 4.72. The first-order valence-electron chi connectivity index (χ1n) is 11.5. The van der Waals surface area contributed by atoms with Crippen molar-refractivity contribution in [3.8, 4) is 0 Å². The van der Waals surface area contributed by atoms with Gasteiger partial charge in [0, 0.05) is 8.80 Å². The lowest BCUT2D eigenvalue weighted by Crippen LogP contribution is -2.22. The Labute approximate surface area is 166 Å². The number of hydrogen-bond acceptors (Lipinski definition) is 0. The maximum Gasteiger partial charge on any atom is 0.159 e. The fraction of sp³-hybridized carbons (Fsp3) is 0.750. The highest BCUT2D eigenvalue weighted by Gasteiger charge is 2.26. The molecule has 1 aliphatic heterocycles. The Hall–Kier alpha value is -0.703. The fourth-order valence-electron chi connectivity index (χ4n) is 5.40. The standard InChI is InChI=1S/C24H38F2Si/c1-18(2)11-14-27-15-12-20(13-16-27)4-3-19-5-7-21(8-6-19)22-9-10-23(25)24(26)17-22/h9-10,17-21,27H,3-8,11-16H2,1-2H3. The van der Waals surface area contributed by atoms with Crippen molar-refractivity contribution < 1.29 is 8.78 Å². The molecule has 0 nitrogen and oxygen atoms in total. The van der Waals surface area contributed by atoms with Crippen molar-refractivity contribution in [2.75, 3.05) is 0 Å². The van der Waals surface area contributed by atoms with E-state index in [1.807, 2.05) is 0 Å². The van der Waals surface area contributed by atoms with Crippen LogP contribution in [-0.2, 0) is 0 Å². The Bertz CT molecular complexity index is 570. The van der Waals surface area contributed by atoms with Crippen LogP contribution in [-0.4, -0.2) is 8.80 Å². The molecule has 1 aromatic carbocycles. The first kappa shape index (κ1) is 21.0. The second-order valence-electron chi connectivity index (χ2n) is 9.83. The summed E-state index contributed by atoms with van der Waals surface area (Å²) in [5.74, 6) is 1.76. The lowest BCUT2D eigenvalue weighted by Gasteiger charge is -2.32. The second kappa shape index (κ2) is 10.2. The highest BCUT2D eigenvalue weighted by atomic mass is 28.3. The molecule has 1 heterocycles. The molecule has 0 bridgehead atoms. The molecule has 1 aliphatic carbocycles. The second-order valence-corrected chi connectivity index (χ2v) is 13.3. The molecule has 1 saturated heterocycles. The van der Waals surface area contributed by atoms with Crippen molar-refractivity contribution in [2.24, 2.45) is 17.8 Å². The van der Waals surface area contributed by atoms with Crippen molar-refractivity contribution in [3.63, 3.8) is 0 Å². The molecule has 0 N–H and O–H groups in total. The van der Waals surface area contributed by atoms with E-state index < -0.39 is 11.6 Å². The summed E-state index contributed by atoms with van der Waals surface area (Å²) in [7, 11) is -0.388. The summed E-state index contributed by atoms with van der Waals surface area (Å²) in [6.07, 6.45) is 12.1. The van der Waals surface area contributed by atoms with Gasteiger partial charge in [-0.2, -0.15) is 0 Å². The molecule has 27 heavy (non-hydrogen) atoms. The molecular weight excluding hydrogens is 354 g/mol. The van der Waals surface area contributed by atoms with Gasteiger partial charge >= 0.3 is 0 Å². The van der Waals surface area contributed by atoms with Crippen LogP contribution in [0.25, 0.3) is 0 Å². The molecule has 0 aromatic heterocycles. The molecule has 2 aliphatic rings. The van der Waals surface area contributed by atoms with Crippen LogP contribution in [0.15, 0.2) is 18.2 Å². The first-order valence-corrected chi connectivity index (χ1v) is 13.9. The largest absolute Gasteiger partial charge is 0.204 e. The SMILES string of the molecule is CC(C)CC[SiH]1CCC(CCC2CCC(c3ccc(F)c(F)c3)CC2)CC1. The smallest absolute Gasteiger partial charge is 0.159 e. The van der Waals surface area contributed by atoms with Crippen LogP contribution in [0.4, 0.5) is 8.78 Å². The predicted molar refractivity (Wildman–Crippen MR) is 114 cm³/mol. The summed E-state index contributed by atoms with van der Waals surface area (Å²) in [5, 5.41) is 0.